The van der Waals surface area contributed by atoms with Gasteiger partial charge in [-0.1, -0.05) is 0 Å². The molecule has 1 aromatic heterocycles. The summed E-state index contributed by atoms with van der Waals surface area (Å²) in [5, 5.41) is 14.8. The van der Waals surface area contributed by atoms with Crippen LogP contribution in [0.1, 0.15) is 23.0 Å². The van der Waals surface area contributed by atoms with Gasteiger partial charge in [-0.2, -0.15) is 5.10 Å². The molecule has 5 heteroatoms. The summed E-state index contributed by atoms with van der Waals surface area (Å²) in [6.07, 6.45) is 1.27. The molecule has 0 bridgehead atoms. The molecular formula is C7H10N2O3. The van der Waals surface area contributed by atoms with Crippen molar-refractivity contribution in [3.63, 3.8) is 0 Å². The molecule has 1 aromatic rings. The maximum absolute atomic E-state index is 10.5. The minimum absolute atomic E-state index is 0.170. The predicted molar refractivity (Wildman–Crippen MR) is 40.9 cm³/mol. The van der Waals surface area contributed by atoms with Crippen LogP contribution in [0.3, 0.4) is 0 Å². The second kappa shape index (κ2) is 3.87. The Bertz CT molecular complexity index is 269. The van der Waals surface area contributed by atoms with Gasteiger partial charge in [0.1, 0.15) is 5.56 Å². The van der Waals surface area contributed by atoms with Gasteiger partial charge in [0.05, 0.1) is 18.5 Å². The molecule has 1 heterocycles. The minimum Gasteiger partial charge on any atom is -0.478 e. The van der Waals surface area contributed by atoms with Gasteiger partial charge in [0.25, 0.3) is 0 Å². The Morgan fingerprint density at radius 2 is 2.58 bits per heavy atom. The number of carboxylic acid groups (broad SMARTS) is 1. The van der Waals surface area contributed by atoms with Gasteiger partial charge in [0.2, 0.25) is 0 Å². The van der Waals surface area contributed by atoms with Crippen molar-refractivity contribution in [3.05, 3.63) is 17.5 Å². The lowest BCUT2D eigenvalue weighted by molar-refractivity contribution is 0.0688. The third kappa shape index (κ3) is 1.82. The summed E-state index contributed by atoms with van der Waals surface area (Å²) in [6, 6.07) is 0. The number of nitrogens with one attached hydrogen (secondary N) is 1. The second-order valence-corrected chi connectivity index (χ2v) is 2.20. The lowest BCUT2D eigenvalue weighted by atomic mass is 10.2. The first kappa shape index (κ1) is 8.73. The van der Waals surface area contributed by atoms with Crippen LogP contribution in [0.4, 0.5) is 0 Å². The quantitative estimate of drug-likeness (QED) is 0.695. The van der Waals surface area contributed by atoms with Crippen molar-refractivity contribution in [3.8, 4) is 0 Å². The van der Waals surface area contributed by atoms with E-state index in [1.807, 2.05) is 6.92 Å². The Hall–Kier alpha value is -1.36. The van der Waals surface area contributed by atoms with E-state index in [-0.39, 0.29) is 12.2 Å². The highest BCUT2D eigenvalue weighted by Gasteiger charge is 2.11. The van der Waals surface area contributed by atoms with Crippen LogP contribution in [0.2, 0.25) is 0 Å². The van der Waals surface area contributed by atoms with Gasteiger partial charge < -0.3 is 9.84 Å². The number of aromatic carboxylic acids is 1. The van der Waals surface area contributed by atoms with Crippen molar-refractivity contribution >= 4 is 5.97 Å². The van der Waals surface area contributed by atoms with Crippen LogP contribution in [-0.4, -0.2) is 27.9 Å². The van der Waals surface area contributed by atoms with E-state index < -0.39 is 5.97 Å². The molecule has 1 rings (SSSR count). The molecule has 0 aliphatic heterocycles. The Labute approximate surface area is 69.4 Å². The van der Waals surface area contributed by atoms with Crippen LogP contribution in [0.15, 0.2) is 6.20 Å². The van der Waals surface area contributed by atoms with Crippen LogP contribution in [-0.2, 0) is 11.3 Å². The summed E-state index contributed by atoms with van der Waals surface area (Å²) >= 11 is 0. The van der Waals surface area contributed by atoms with Crippen molar-refractivity contribution in [1.82, 2.24) is 10.2 Å². The number of hydrogen-bond acceptors (Lipinski definition) is 3. The number of aromatic nitrogens is 2. The van der Waals surface area contributed by atoms with Gasteiger partial charge in [0.15, 0.2) is 0 Å². The number of nitrogens with zero attached hydrogens (tertiary/aromatic N) is 1. The first-order chi connectivity index (χ1) is 5.75. The van der Waals surface area contributed by atoms with E-state index >= 15 is 0 Å². The number of ether oxygens (including phenoxy) is 1. The summed E-state index contributed by atoms with van der Waals surface area (Å²) in [7, 11) is 0. The predicted octanol–water partition coefficient (Wildman–Crippen LogP) is 0.644. The first-order valence-corrected chi connectivity index (χ1v) is 3.59. The number of H-pyrrole nitrogens is 1. The molecule has 0 radical (unpaired) electrons. The zero-order valence-corrected chi connectivity index (χ0v) is 6.70. The van der Waals surface area contributed by atoms with Gasteiger partial charge in [-0.05, 0) is 6.92 Å². The molecule has 0 amide bonds. The average Bonchev–Trinajstić information content (AvgIpc) is 2.48. The summed E-state index contributed by atoms with van der Waals surface area (Å²) in [5.74, 6) is -0.988. The van der Waals surface area contributed by atoms with Crippen LogP contribution >= 0.6 is 0 Å². The van der Waals surface area contributed by atoms with E-state index in [9.17, 15) is 4.79 Å². The monoisotopic (exact) mass is 170 g/mol. The van der Waals surface area contributed by atoms with E-state index in [0.29, 0.717) is 12.3 Å². The van der Waals surface area contributed by atoms with E-state index in [1.54, 1.807) is 0 Å². The first-order valence-electron chi connectivity index (χ1n) is 3.59. The Morgan fingerprint density at radius 3 is 3.17 bits per heavy atom. The average molecular weight is 170 g/mol. The maximum atomic E-state index is 10.5. The molecule has 2 N–H and O–H groups in total. The largest absolute Gasteiger partial charge is 0.478 e. The zero-order chi connectivity index (χ0) is 8.97. The van der Waals surface area contributed by atoms with Crippen LogP contribution < -0.4 is 0 Å². The maximum Gasteiger partial charge on any atom is 0.339 e. The van der Waals surface area contributed by atoms with Gasteiger partial charge in [-0.3, -0.25) is 5.10 Å². The van der Waals surface area contributed by atoms with Gasteiger partial charge in [-0.15, -0.1) is 0 Å². The lowest BCUT2D eigenvalue weighted by Crippen LogP contribution is -2.02. The number of carbonyl (C=O) groups is 1. The third-order valence-electron chi connectivity index (χ3n) is 1.40. The SMILES string of the molecule is CCOCc1[nH]ncc1C(=O)O. The fourth-order valence-corrected chi connectivity index (χ4v) is 0.811. The smallest absolute Gasteiger partial charge is 0.339 e. The number of aromatic amines is 1. The fraction of sp³-hybridized carbons (Fsp3) is 0.429. The number of hydrogen-bond donors (Lipinski definition) is 2. The highest BCUT2D eigenvalue weighted by Crippen LogP contribution is 2.05. The fourth-order valence-electron chi connectivity index (χ4n) is 0.811. The molecule has 66 valence electrons. The molecule has 0 aliphatic rings. The lowest BCUT2D eigenvalue weighted by Gasteiger charge is -1.98. The van der Waals surface area contributed by atoms with Gasteiger partial charge in [0, 0.05) is 6.61 Å². The molecule has 0 saturated heterocycles. The Kier molecular flexibility index (Phi) is 2.82. The summed E-state index contributed by atoms with van der Waals surface area (Å²) in [6.45, 7) is 2.66. The van der Waals surface area contributed by atoms with Crippen molar-refractivity contribution in [2.24, 2.45) is 0 Å². The molecule has 12 heavy (non-hydrogen) atoms. The van der Waals surface area contributed by atoms with Gasteiger partial charge >= 0.3 is 5.97 Å². The summed E-state index contributed by atoms with van der Waals surface area (Å²) in [4.78, 5) is 10.5. The summed E-state index contributed by atoms with van der Waals surface area (Å²) in [5.41, 5.74) is 0.674. The minimum atomic E-state index is -0.988. The molecule has 5 nitrogen and oxygen atoms in total. The van der Waals surface area contributed by atoms with Crippen molar-refractivity contribution in [2.45, 2.75) is 13.5 Å². The normalized spacial score (nSPS) is 10.1. The van der Waals surface area contributed by atoms with Gasteiger partial charge in [-0.25, -0.2) is 4.79 Å². The molecule has 0 saturated carbocycles. The molecule has 0 fully saturated rings. The van der Waals surface area contributed by atoms with E-state index in [4.69, 9.17) is 9.84 Å². The number of carboxylic acids is 1. The van der Waals surface area contributed by atoms with Crippen molar-refractivity contribution in [2.75, 3.05) is 6.61 Å². The number of rotatable bonds is 4. The van der Waals surface area contributed by atoms with Crippen LogP contribution in [0, 0.1) is 0 Å². The topological polar surface area (TPSA) is 75.2 Å². The standard InChI is InChI=1S/C7H10N2O3/c1-2-12-4-6-5(7(10)11)3-8-9-6/h3H,2,4H2,1H3,(H,8,9)(H,10,11). The molecule has 0 atom stereocenters. The van der Waals surface area contributed by atoms with E-state index in [0.717, 1.165) is 0 Å². The highest BCUT2D eigenvalue weighted by atomic mass is 16.5. The van der Waals surface area contributed by atoms with Crippen LogP contribution in [0.5, 0.6) is 0 Å². The van der Waals surface area contributed by atoms with Crippen molar-refractivity contribution in [1.29, 1.82) is 0 Å². The van der Waals surface area contributed by atoms with Crippen molar-refractivity contribution < 1.29 is 14.6 Å². The molecule has 0 aromatic carbocycles. The Balaban J connectivity index is 2.70. The van der Waals surface area contributed by atoms with E-state index in [2.05, 4.69) is 10.2 Å². The zero-order valence-electron chi connectivity index (χ0n) is 6.70. The molecule has 0 aliphatic carbocycles. The molecular weight excluding hydrogens is 160 g/mol. The third-order valence-corrected chi connectivity index (χ3v) is 1.40. The molecule has 0 spiro atoms. The summed E-state index contributed by atoms with van der Waals surface area (Å²) < 4.78 is 5.03. The molecule has 0 unspecified atom stereocenters. The van der Waals surface area contributed by atoms with E-state index in [1.165, 1.54) is 6.20 Å². The Morgan fingerprint density at radius 1 is 1.83 bits per heavy atom. The van der Waals surface area contributed by atoms with Crippen LogP contribution in [0.25, 0.3) is 0 Å². The highest BCUT2D eigenvalue weighted by molar-refractivity contribution is 5.88. The second-order valence-electron chi connectivity index (χ2n) is 2.20.